The van der Waals surface area contributed by atoms with E-state index in [0.717, 1.165) is 27.1 Å². The second kappa shape index (κ2) is 6.66. The first-order chi connectivity index (χ1) is 9.93. The monoisotopic (exact) mass is 324 g/mol. The van der Waals surface area contributed by atoms with E-state index in [4.69, 9.17) is 4.42 Å². The molecule has 0 aromatic carbocycles. The molecule has 1 atom stereocenters. The maximum absolute atomic E-state index is 12.5. The zero-order chi connectivity index (χ0) is 15.6. The average molecular weight is 324 g/mol. The molecule has 1 amide bonds. The summed E-state index contributed by atoms with van der Waals surface area (Å²) in [5.41, 5.74) is 0.962. The van der Waals surface area contributed by atoms with Crippen molar-refractivity contribution in [3.63, 3.8) is 0 Å². The summed E-state index contributed by atoms with van der Waals surface area (Å²) in [6.07, 6.45) is 2.01. The Morgan fingerprint density at radius 2 is 2.19 bits per heavy atom. The topological polar surface area (TPSA) is 46.3 Å². The minimum Gasteiger partial charge on any atom is -0.455 e. The minimum atomic E-state index is -0.111. The maximum atomic E-state index is 12.5. The van der Waals surface area contributed by atoms with Gasteiger partial charge in [0.1, 0.15) is 5.76 Å². The molecule has 2 aromatic heterocycles. The molecule has 21 heavy (non-hydrogen) atoms. The van der Waals surface area contributed by atoms with E-state index in [-0.39, 0.29) is 11.9 Å². The van der Waals surface area contributed by atoms with Crippen LogP contribution in [0.3, 0.4) is 0 Å². The fourth-order valence-electron chi connectivity index (χ4n) is 2.18. The summed E-state index contributed by atoms with van der Waals surface area (Å²) in [6.45, 7) is 6.01. The van der Waals surface area contributed by atoms with Crippen LogP contribution < -0.4 is 0 Å². The lowest BCUT2D eigenvalue weighted by atomic mass is 10.2. The van der Waals surface area contributed by atoms with E-state index in [0.29, 0.717) is 5.76 Å². The Balaban J connectivity index is 2.16. The van der Waals surface area contributed by atoms with E-state index in [1.165, 1.54) is 0 Å². The van der Waals surface area contributed by atoms with Crippen molar-refractivity contribution in [2.24, 2.45) is 0 Å². The molecule has 0 radical (unpaired) electrons. The van der Waals surface area contributed by atoms with Gasteiger partial charge in [-0.2, -0.15) is 11.8 Å². The first kappa shape index (κ1) is 16.1. The Hall–Kier alpha value is -1.27. The summed E-state index contributed by atoms with van der Waals surface area (Å²) in [6, 6.07) is 3.54. The molecule has 114 valence electrons. The van der Waals surface area contributed by atoms with Crippen LogP contribution in [0.25, 0.3) is 0 Å². The van der Waals surface area contributed by atoms with Crippen LogP contribution in [0.2, 0.25) is 0 Å². The molecule has 2 heterocycles. The molecule has 0 saturated heterocycles. The number of thiazole rings is 1. The van der Waals surface area contributed by atoms with Gasteiger partial charge in [-0.25, -0.2) is 4.98 Å². The summed E-state index contributed by atoms with van der Waals surface area (Å²) in [5, 5.41) is 1.02. The SMILES string of the molecule is CSCc1ccc(C(=O)N(C)[C@@H](C)c2nc(C)sc2C)o1. The zero-order valence-electron chi connectivity index (χ0n) is 13.0. The molecule has 0 aliphatic rings. The van der Waals surface area contributed by atoms with Gasteiger partial charge in [-0.05, 0) is 39.2 Å². The zero-order valence-corrected chi connectivity index (χ0v) is 14.6. The van der Waals surface area contributed by atoms with Gasteiger partial charge in [0.25, 0.3) is 5.91 Å². The molecule has 0 aliphatic carbocycles. The number of rotatable bonds is 5. The van der Waals surface area contributed by atoms with Gasteiger partial charge in [-0.15, -0.1) is 11.3 Å². The van der Waals surface area contributed by atoms with Crippen molar-refractivity contribution in [3.05, 3.63) is 39.2 Å². The van der Waals surface area contributed by atoms with Crippen LogP contribution in [0.4, 0.5) is 0 Å². The molecule has 0 unspecified atom stereocenters. The number of nitrogens with zero attached hydrogens (tertiary/aromatic N) is 2. The Kier molecular flexibility index (Phi) is 5.11. The van der Waals surface area contributed by atoms with Crippen LogP contribution in [0.5, 0.6) is 0 Å². The Labute approximate surface area is 133 Å². The van der Waals surface area contributed by atoms with E-state index in [9.17, 15) is 4.79 Å². The fraction of sp³-hybridized carbons (Fsp3) is 0.467. The van der Waals surface area contributed by atoms with Crippen LogP contribution >= 0.6 is 23.1 Å². The number of aryl methyl sites for hydroxylation is 2. The third-order valence-corrected chi connectivity index (χ3v) is 4.87. The molecule has 0 aliphatic heterocycles. The highest BCUT2D eigenvalue weighted by Gasteiger charge is 2.24. The summed E-state index contributed by atoms with van der Waals surface area (Å²) < 4.78 is 5.60. The van der Waals surface area contributed by atoms with Gasteiger partial charge in [-0.3, -0.25) is 4.79 Å². The maximum Gasteiger partial charge on any atom is 0.289 e. The smallest absolute Gasteiger partial charge is 0.289 e. The van der Waals surface area contributed by atoms with Crippen molar-refractivity contribution in [1.82, 2.24) is 9.88 Å². The van der Waals surface area contributed by atoms with Gasteiger partial charge in [0.05, 0.1) is 22.5 Å². The molecule has 0 saturated carbocycles. The Morgan fingerprint density at radius 1 is 1.48 bits per heavy atom. The van der Waals surface area contributed by atoms with E-state index in [1.807, 2.05) is 33.1 Å². The summed E-state index contributed by atoms with van der Waals surface area (Å²) >= 11 is 3.33. The second-order valence-electron chi connectivity index (χ2n) is 4.97. The highest BCUT2D eigenvalue weighted by Crippen LogP contribution is 2.27. The average Bonchev–Trinajstić information content (AvgIpc) is 3.03. The molecule has 0 spiro atoms. The molecule has 0 N–H and O–H groups in total. The number of furan rings is 1. The number of aromatic nitrogens is 1. The molecule has 0 bridgehead atoms. The molecule has 0 fully saturated rings. The molecule has 2 rings (SSSR count). The molecular formula is C15H20N2O2S2. The summed E-state index contributed by atoms with van der Waals surface area (Å²) in [7, 11) is 1.79. The van der Waals surface area contributed by atoms with E-state index < -0.39 is 0 Å². The highest BCUT2D eigenvalue weighted by atomic mass is 32.2. The van der Waals surface area contributed by atoms with Gasteiger partial charge in [0.15, 0.2) is 5.76 Å². The molecule has 2 aromatic rings. The van der Waals surface area contributed by atoms with Crippen molar-refractivity contribution in [3.8, 4) is 0 Å². The number of hydrogen-bond acceptors (Lipinski definition) is 5. The highest BCUT2D eigenvalue weighted by molar-refractivity contribution is 7.97. The number of hydrogen-bond donors (Lipinski definition) is 0. The van der Waals surface area contributed by atoms with Crippen molar-refractivity contribution in [1.29, 1.82) is 0 Å². The lowest BCUT2D eigenvalue weighted by molar-refractivity contribution is 0.0706. The van der Waals surface area contributed by atoms with Crippen molar-refractivity contribution in [2.45, 2.75) is 32.6 Å². The molecular weight excluding hydrogens is 304 g/mol. The van der Waals surface area contributed by atoms with Gasteiger partial charge >= 0.3 is 0 Å². The van der Waals surface area contributed by atoms with Crippen molar-refractivity contribution in [2.75, 3.05) is 13.3 Å². The van der Waals surface area contributed by atoms with E-state index in [2.05, 4.69) is 4.98 Å². The van der Waals surface area contributed by atoms with Crippen LogP contribution in [0.1, 0.15) is 44.9 Å². The largest absolute Gasteiger partial charge is 0.455 e. The number of carbonyl (C=O) groups is 1. The first-order valence-corrected chi connectivity index (χ1v) is 8.93. The molecule has 6 heteroatoms. The van der Waals surface area contributed by atoms with Gasteiger partial charge in [0.2, 0.25) is 0 Å². The van der Waals surface area contributed by atoms with Gasteiger partial charge < -0.3 is 9.32 Å². The normalized spacial score (nSPS) is 12.4. The van der Waals surface area contributed by atoms with E-state index >= 15 is 0 Å². The Morgan fingerprint density at radius 3 is 2.76 bits per heavy atom. The van der Waals surface area contributed by atoms with Gasteiger partial charge in [-0.1, -0.05) is 0 Å². The van der Waals surface area contributed by atoms with Gasteiger partial charge in [0, 0.05) is 11.9 Å². The van der Waals surface area contributed by atoms with Crippen molar-refractivity contribution < 1.29 is 9.21 Å². The Bertz CT molecular complexity index is 633. The third kappa shape index (κ3) is 3.49. The number of amides is 1. The molecule has 4 nitrogen and oxygen atoms in total. The standard InChI is InChI=1S/C15H20N2O2S2/c1-9(14-10(2)21-11(3)16-14)17(4)15(18)13-7-6-12(19-13)8-20-5/h6-7,9H,8H2,1-5H3/t9-/m0/s1. The predicted molar refractivity (Wildman–Crippen MR) is 88.0 cm³/mol. The van der Waals surface area contributed by atoms with Crippen LogP contribution in [0.15, 0.2) is 16.5 Å². The quantitative estimate of drug-likeness (QED) is 0.832. The number of thioether (sulfide) groups is 1. The summed E-state index contributed by atoms with van der Waals surface area (Å²) in [4.78, 5) is 19.9. The fourth-order valence-corrected chi connectivity index (χ4v) is 3.53. The minimum absolute atomic E-state index is 0.0726. The number of carbonyl (C=O) groups excluding carboxylic acids is 1. The van der Waals surface area contributed by atoms with Crippen molar-refractivity contribution >= 4 is 29.0 Å². The third-order valence-electron chi connectivity index (χ3n) is 3.40. The summed E-state index contributed by atoms with van der Waals surface area (Å²) in [5.74, 6) is 1.88. The lowest BCUT2D eigenvalue weighted by Gasteiger charge is -2.23. The second-order valence-corrected chi connectivity index (χ2v) is 7.24. The lowest BCUT2D eigenvalue weighted by Crippen LogP contribution is -2.29. The van der Waals surface area contributed by atoms with Crippen LogP contribution in [-0.2, 0) is 5.75 Å². The van der Waals surface area contributed by atoms with E-state index in [1.54, 1.807) is 41.1 Å². The predicted octanol–water partition coefficient (Wildman–Crippen LogP) is 4.05. The first-order valence-electron chi connectivity index (χ1n) is 6.72. The van der Waals surface area contributed by atoms with Crippen LogP contribution in [-0.4, -0.2) is 29.1 Å². The van der Waals surface area contributed by atoms with Crippen LogP contribution in [0, 0.1) is 13.8 Å².